The fourth-order valence-electron chi connectivity index (χ4n) is 2.43. The number of rotatable bonds is 7. The van der Waals surface area contributed by atoms with Gasteiger partial charge in [-0.1, -0.05) is 25.1 Å². The highest BCUT2D eigenvalue weighted by atomic mass is 32.2. The Balaban J connectivity index is 1.75. The molecule has 1 aromatic rings. The smallest absolute Gasteiger partial charge is 0.178 e. The first-order valence-corrected chi connectivity index (χ1v) is 9.24. The van der Waals surface area contributed by atoms with Crippen LogP contribution >= 0.6 is 0 Å². The van der Waals surface area contributed by atoms with Crippen molar-refractivity contribution in [3.63, 3.8) is 0 Å². The lowest BCUT2D eigenvalue weighted by atomic mass is 10.1. The predicted octanol–water partition coefficient (Wildman–Crippen LogP) is 3.03. The van der Waals surface area contributed by atoms with Gasteiger partial charge >= 0.3 is 0 Å². The van der Waals surface area contributed by atoms with E-state index in [1.807, 2.05) is 13.0 Å². The summed E-state index contributed by atoms with van der Waals surface area (Å²) in [5.74, 6) is 0.227. The van der Waals surface area contributed by atoms with E-state index in [4.69, 9.17) is 9.47 Å². The van der Waals surface area contributed by atoms with E-state index in [-0.39, 0.29) is 18.0 Å². The second-order valence-corrected chi connectivity index (χ2v) is 7.69. The maximum atomic E-state index is 12.2. The molecule has 2 rings (SSSR count). The molecule has 0 bridgehead atoms. The van der Waals surface area contributed by atoms with Crippen molar-refractivity contribution < 1.29 is 17.9 Å². The lowest BCUT2D eigenvalue weighted by Gasteiger charge is -2.23. The molecule has 1 aliphatic rings. The van der Waals surface area contributed by atoms with Gasteiger partial charge in [-0.25, -0.2) is 8.42 Å². The minimum atomic E-state index is -3.20. The van der Waals surface area contributed by atoms with Gasteiger partial charge in [-0.05, 0) is 43.7 Å². The third-order valence-electron chi connectivity index (χ3n) is 3.66. The zero-order chi connectivity index (χ0) is 15.1. The molecule has 1 heterocycles. The molecular weight excluding hydrogens is 288 g/mol. The molecule has 1 fully saturated rings. The quantitative estimate of drug-likeness (QED) is 0.776. The van der Waals surface area contributed by atoms with Gasteiger partial charge in [0.05, 0.1) is 17.3 Å². The summed E-state index contributed by atoms with van der Waals surface area (Å²) < 4.78 is 35.6. The van der Waals surface area contributed by atoms with Crippen LogP contribution in [0.3, 0.4) is 0 Å². The fourth-order valence-corrected chi connectivity index (χ4v) is 4.11. The fraction of sp³-hybridized carbons (Fsp3) is 0.625. The molecule has 0 N–H and O–H groups in total. The lowest BCUT2D eigenvalue weighted by Crippen LogP contribution is -2.24. The van der Waals surface area contributed by atoms with E-state index in [0.29, 0.717) is 11.5 Å². The van der Waals surface area contributed by atoms with Crippen molar-refractivity contribution in [3.8, 4) is 0 Å². The molecule has 0 radical (unpaired) electrons. The highest BCUT2D eigenvalue weighted by molar-refractivity contribution is 7.91. The van der Waals surface area contributed by atoms with Crippen molar-refractivity contribution in [3.05, 3.63) is 30.3 Å². The minimum Gasteiger partial charge on any atom is -0.353 e. The van der Waals surface area contributed by atoms with E-state index in [2.05, 4.69) is 0 Å². The highest BCUT2D eigenvalue weighted by Crippen LogP contribution is 2.17. The van der Waals surface area contributed by atoms with Crippen LogP contribution in [0.4, 0.5) is 0 Å². The first-order chi connectivity index (χ1) is 10.1. The Morgan fingerprint density at radius 3 is 2.71 bits per heavy atom. The molecule has 0 amide bonds. The van der Waals surface area contributed by atoms with Gasteiger partial charge in [0.2, 0.25) is 0 Å². The van der Waals surface area contributed by atoms with Gasteiger partial charge < -0.3 is 9.47 Å². The molecule has 2 atom stereocenters. The van der Waals surface area contributed by atoms with E-state index in [0.717, 1.165) is 32.3 Å². The molecule has 4 nitrogen and oxygen atoms in total. The van der Waals surface area contributed by atoms with Crippen LogP contribution in [0, 0.1) is 5.92 Å². The summed E-state index contributed by atoms with van der Waals surface area (Å²) in [6.45, 7) is 3.27. The van der Waals surface area contributed by atoms with Gasteiger partial charge in [0.25, 0.3) is 0 Å². The second kappa shape index (κ2) is 7.92. The Bertz CT molecular complexity index is 506. The second-order valence-electron chi connectivity index (χ2n) is 5.66. The monoisotopic (exact) mass is 312 g/mol. The largest absolute Gasteiger partial charge is 0.353 e. The van der Waals surface area contributed by atoms with Gasteiger partial charge in [0.15, 0.2) is 16.1 Å². The summed E-state index contributed by atoms with van der Waals surface area (Å²) in [4.78, 5) is 0.397. The van der Waals surface area contributed by atoms with Crippen LogP contribution in [0.1, 0.15) is 32.6 Å². The van der Waals surface area contributed by atoms with E-state index >= 15 is 0 Å². The van der Waals surface area contributed by atoms with Crippen LogP contribution in [-0.2, 0) is 19.3 Å². The summed E-state index contributed by atoms with van der Waals surface area (Å²) in [6, 6.07) is 8.62. The standard InChI is InChI=1S/C16H24O4S/c1-14(10-12-20-16-9-5-6-11-19-16)13-21(17,18)15-7-3-2-4-8-15/h2-4,7-8,14,16H,5-6,9-13H2,1H3. The van der Waals surface area contributed by atoms with E-state index in [1.54, 1.807) is 24.3 Å². The Kier molecular flexibility index (Phi) is 6.21. The molecule has 0 aliphatic carbocycles. The van der Waals surface area contributed by atoms with E-state index in [9.17, 15) is 8.42 Å². The summed E-state index contributed by atoms with van der Waals surface area (Å²) >= 11 is 0. The number of benzene rings is 1. The van der Waals surface area contributed by atoms with Crippen molar-refractivity contribution in [2.24, 2.45) is 5.92 Å². The van der Waals surface area contributed by atoms with Gasteiger partial charge in [0.1, 0.15) is 0 Å². The first-order valence-electron chi connectivity index (χ1n) is 7.59. The van der Waals surface area contributed by atoms with Crippen molar-refractivity contribution >= 4 is 9.84 Å². The van der Waals surface area contributed by atoms with Crippen LogP contribution in [0.25, 0.3) is 0 Å². The maximum absolute atomic E-state index is 12.2. The lowest BCUT2D eigenvalue weighted by molar-refractivity contribution is -0.163. The molecule has 0 saturated carbocycles. The van der Waals surface area contributed by atoms with Crippen LogP contribution in [0.2, 0.25) is 0 Å². The third kappa shape index (κ3) is 5.41. The molecule has 118 valence electrons. The number of hydrogen-bond acceptors (Lipinski definition) is 4. The van der Waals surface area contributed by atoms with Gasteiger partial charge in [-0.3, -0.25) is 0 Å². The van der Waals surface area contributed by atoms with Gasteiger partial charge in [0, 0.05) is 6.61 Å². The zero-order valence-corrected chi connectivity index (χ0v) is 13.3. The Morgan fingerprint density at radius 1 is 1.29 bits per heavy atom. The predicted molar refractivity (Wildman–Crippen MR) is 81.8 cm³/mol. The number of hydrogen-bond donors (Lipinski definition) is 0. The zero-order valence-electron chi connectivity index (χ0n) is 12.5. The summed E-state index contributed by atoms with van der Waals surface area (Å²) in [5.41, 5.74) is 0. The van der Waals surface area contributed by atoms with Crippen molar-refractivity contribution in [2.75, 3.05) is 19.0 Å². The third-order valence-corrected chi connectivity index (χ3v) is 5.66. The van der Waals surface area contributed by atoms with Gasteiger partial charge in [-0.2, -0.15) is 0 Å². The van der Waals surface area contributed by atoms with Crippen molar-refractivity contribution in [1.82, 2.24) is 0 Å². The molecule has 0 aromatic heterocycles. The number of ether oxygens (including phenoxy) is 2. The van der Waals surface area contributed by atoms with Crippen molar-refractivity contribution in [2.45, 2.75) is 43.8 Å². The molecule has 5 heteroatoms. The molecule has 1 aliphatic heterocycles. The van der Waals surface area contributed by atoms with Gasteiger partial charge in [-0.15, -0.1) is 0 Å². The Hall–Kier alpha value is -0.910. The summed E-state index contributed by atoms with van der Waals surface area (Å²) in [7, 11) is -3.20. The van der Waals surface area contributed by atoms with E-state index in [1.165, 1.54) is 0 Å². The van der Waals surface area contributed by atoms with Crippen molar-refractivity contribution in [1.29, 1.82) is 0 Å². The van der Waals surface area contributed by atoms with Crippen LogP contribution in [0.5, 0.6) is 0 Å². The molecule has 1 saturated heterocycles. The minimum absolute atomic E-state index is 0.0683. The van der Waals surface area contributed by atoms with E-state index < -0.39 is 9.84 Å². The first kappa shape index (κ1) is 16.5. The Morgan fingerprint density at radius 2 is 2.05 bits per heavy atom. The topological polar surface area (TPSA) is 52.6 Å². The summed E-state index contributed by atoms with van der Waals surface area (Å²) in [5, 5.41) is 0. The normalized spacial score (nSPS) is 21.1. The molecule has 2 unspecified atom stereocenters. The van der Waals surface area contributed by atoms with Crippen LogP contribution in [0.15, 0.2) is 35.2 Å². The molecular formula is C16H24O4S. The molecule has 1 aromatic carbocycles. The Labute approximate surface area is 127 Å². The molecule has 21 heavy (non-hydrogen) atoms. The SMILES string of the molecule is CC(CCOC1CCCCO1)CS(=O)(=O)c1ccccc1. The van der Waals surface area contributed by atoms with Crippen LogP contribution < -0.4 is 0 Å². The average Bonchev–Trinajstić information content (AvgIpc) is 2.49. The highest BCUT2D eigenvalue weighted by Gasteiger charge is 2.19. The molecule has 0 spiro atoms. The summed E-state index contributed by atoms with van der Waals surface area (Å²) in [6.07, 6.45) is 3.81. The maximum Gasteiger partial charge on any atom is 0.178 e. The average molecular weight is 312 g/mol. The van der Waals surface area contributed by atoms with Crippen LogP contribution in [-0.4, -0.2) is 33.7 Å². The number of sulfone groups is 1.